The third-order valence-electron chi connectivity index (χ3n) is 5.70. The summed E-state index contributed by atoms with van der Waals surface area (Å²) in [6, 6.07) is 12.3. The number of amides is 1. The first-order valence-corrected chi connectivity index (χ1v) is 8.93. The zero-order valence-electron chi connectivity index (χ0n) is 14.3. The number of halogens is 1. The molecule has 2 bridgehead atoms. The molecule has 25 heavy (non-hydrogen) atoms. The Morgan fingerprint density at radius 3 is 2.52 bits per heavy atom. The Hall–Kier alpha value is -2.36. The molecule has 3 atom stereocenters. The first-order valence-electron chi connectivity index (χ1n) is 8.93. The zero-order chi connectivity index (χ0) is 17.4. The van der Waals surface area contributed by atoms with Gasteiger partial charge in [-0.1, -0.05) is 18.6 Å². The van der Waals surface area contributed by atoms with Gasteiger partial charge in [0.2, 0.25) is 0 Å². The topological polar surface area (TPSA) is 38.3 Å². The lowest BCUT2D eigenvalue weighted by Crippen LogP contribution is -2.17. The minimum absolute atomic E-state index is 0.125. The molecule has 2 aliphatic carbocycles. The van der Waals surface area contributed by atoms with Crippen LogP contribution in [0.5, 0.6) is 11.5 Å². The maximum Gasteiger partial charge on any atom is 0.251 e. The fourth-order valence-corrected chi connectivity index (χ4v) is 4.43. The van der Waals surface area contributed by atoms with E-state index in [2.05, 4.69) is 17.4 Å². The molecule has 0 heterocycles. The molecule has 1 N–H and O–H groups in total. The summed E-state index contributed by atoms with van der Waals surface area (Å²) in [6.45, 7) is 0. The van der Waals surface area contributed by atoms with Crippen LogP contribution in [0.3, 0.4) is 0 Å². The van der Waals surface area contributed by atoms with Crippen molar-refractivity contribution in [2.24, 2.45) is 11.8 Å². The molecule has 0 aromatic heterocycles. The van der Waals surface area contributed by atoms with Gasteiger partial charge in [0.1, 0.15) is 5.75 Å². The van der Waals surface area contributed by atoms with Gasteiger partial charge in [0.25, 0.3) is 5.91 Å². The predicted octanol–water partition coefficient (Wildman–Crippen LogP) is 4.88. The second kappa shape index (κ2) is 6.51. The summed E-state index contributed by atoms with van der Waals surface area (Å²) >= 11 is 0. The number of ether oxygens (including phenoxy) is 1. The van der Waals surface area contributed by atoms with Gasteiger partial charge in [-0.2, -0.15) is 0 Å². The molecule has 0 saturated heterocycles. The van der Waals surface area contributed by atoms with Crippen molar-refractivity contribution in [1.29, 1.82) is 0 Å². The SMILES string of the molecule is CNC(=O)c1ccc(Oc2ccc(C3C[C@@H]4CC[C@H]3C4)cc2)c(F)c1. The van der Waals surface area contributed by atoms with Crippen molar-refractivity contribution in [3.05, 3.63) is 59.4 Å². The lowest BCUT2D eigenvalue weighted by atomic mass is 9.83. The van der Waals surface area contributed by atoms with Gasteiger partial charge in [-0.25, -0.2) is 4.39 Å². The molecule has 2 aromatic carbocycles. The highest BCUT2D eigenvalue weighted by atomic mass is 19.1. The zero-order valence-corrected chi connectivity index (χ0v) is 14.3. The Balaban J connectivity index is 1.47. The molecule has 0 spiro atoms. The van der Waals surface area contributed by atoms with Gasteiger partial charge in [0.05, 0.1) is 0 Å². The Morgan fingerprint density at radius 2 is 1.92 bits per heavy atom. The van der Waals surface area contributed by atoms with Gasteiger partial charge >= 0.3 is 0 Å². The molecular weight excluding hydrogens is 317 g/mol. The number of hydrogen-bond acceptors (Lipinski definition) is 2. The van der Waals surface area contributed by atoms with E-state index in [9.17, 15) is 9.18 Å². The van der Waals surface area contributed by atoms with Crippen molar-refractivity contribution in [1.82, 2.24) is 5.32 Å². The third-order valence-corrected chi connectivity index (χ3v) is 5.70. The van der Waals surface area contributed by atoms with Crippen LogP contribution in [0.2, 0.25) is 0 Å². The molecule has 2 aliphatic rings. The number of carbonyl (C=O) groups is 1. The van der Waals surface area contributed by atoms with Gasteiger partial charge < -0.3 is 10.1 Å². The first kappa shape index (κ1) is 16.1. The lowest BCUT2D eigenvalue weighted by molar-refractivity contribution is 0.0962. The number of fused-ring (bicyclic) bond motifs is 2. The van der Waals surface area contributed by atoms with E-state index in [-0.39, 0.29) is 17.2 Å². The molecule has 0 aliphatic heterocycles. The standard InChI is InChI=1S/C21H22FNO2/c1-23-21(24)16-6-9-20(19(22)12-16)25-17-7-4-14(5-8-17)18-11-13-2-3-15(18)10-13/h4-9,12-13,15,18H,2-3,10-11H2,1H3,(H,23,24)/t13-,15+,18?/m1/s1. The molecule has 3 nitrogen and oxygen atoms in total. The van der Waals surface area contributed by atoms with Crippen LogP contribution in [-0.4, -0.2) is 13.0 Å². The van der Waals surface area contributed by atoms with E-state index in [1.807, 2.05) is 12.1 Å². The summed E-state index contributed by atoms with van der Waals surface area (Å²) in [7, 11) is 1.52. The number of carbonyl (C=O) groups excluding carboxylic acids is 1. The molecular formula is C21H22FNO2. The molecule has 4 heteroatoms. The number of benzene rings is 2. The average Bonchev–Trinajstić information content (AvgIpc) is 3.27. The second-order valence-electron chi connectivity index (χ2n) is 7.18. The van der Waals surface area contributed by atoms with E-state index in [4.69, 9.17) is 4.74 Å². The van der Waals surface area contributed by atoms with Gasteiger partial charge in [-0.05, 0) is 72.9 Å². The Kier molecular flexibility index (Phi) is 4.20. The van der Waals surface area contributed by atoms with Crippen LogP contribution in [0.1, 0.15) is 47.5 Å². The smallest absolute Gasteiger partial charge is 0.251 e. The van der Waals surface area contributed by atoms with Crippen molar-refractivity contribution in [2.75, 3.05) is 7.05 Å². The fraction of sp³-hybridized carbons (Fsp3) is 0.381. The second-order valence-corrected chi connectivity index (χ2v) is 7.18. The summed E-state index contributed by atoms with van der Waals surface area (Å²) in [5.41, 5.74) is 1.65. The predicted molar refractivity (Wildman–Crippen MR) is 94.5 cm³/mol. The van der Waals surface area contributed by atoms with Gasteiger partial charge in [0, 0.05) is 12.6 Å². The van der Waals surface area contributed by atoms with E-state index in [1.165, 1.54) is 50.4 Å². The summed E-state index contributed by atoms with van der Waals surface area (Å²) < 4.78 is 19.8. The summed E-state index contributed by atoms with van der Waals surface area (Å²) in [6.07, 6.45) is 5.44. The quantitative estimate of drug-likeness (QED) is 0.862. The molecule has 2 fully saturated rings. The van der Waals surface area contributed by atoms with E-state index >= 15 is 0 Å². The molecule has 1 unspecified atom stereocenters. The van der Waals surface area contributed by atoms with Crippen molar-refractivity contribution in [2.45, 2.75) is 31.6 Å². The number of rotatable bonds is 4. The highest BCUT2D eigenvalue weighted by molar-refractivity contribution is 5.94. The van der Waals surface area contributed by atoms with Crippen LogP contribution in [0, 0.1) is 17.7 Å². The highest BCUT2D eigenvalue weighted by Gasteiger charge is 2.39. The van der Waals surface area contributed by atoms with Crippen molar-refractivity contribution in [3.63, 3.8) is 0 Å². The third kappa shape index (κ3) is 3.13. The molecule has 2 saturated carbocycles. The number of hydrogen-bond donors (Lipinski definition) is 1. The number of nitrogens with one attached hydrogen (secondary N) is 1. The minimum atomic E-state index is -0.543. The average molecular weight is 339 g/mol. The maximum atomic E-state index is 14.2. The van der Waals surface area contributed by atoms with Crippen LogP contribution in [-0.2, 0) is 0 Å². The van der Waals surface area contributed by atoms with E-state index in [0.29, 0.717) is 11.7 Å². The first-order chi connectivity index (χ1) is 12.1. The monoisotopic (exact) mass is 339 g/mol. The highest BCUT2D eigenvalue weighted by Crippen LogP contribution is 2.52. The van der Waals surface area contributed by atoms with Crippen molar-refractivity contribution < 1.29 is 13.9 Å². The van der Waals surface area contributed by atoms with Gasteiger partial charge in [-0.3, -0.25) is 4.79 Å². The van der Waals surface area contributed by atoms with Crippen LogP contribution in [0.4, 0.5) is 4.39 Å². The van der Waals surface area contributed by atoms with Crippen molar-refractivity contribution >= 4 is 5.91 Å². The lowest BCUT2D eigenvalue weighted by Gasteiger charge is -2.22. The molecule has 1 amide bonds. The van der Waals surface area contributed by atoms with Crippen LogP contribution >= 0.6 is 0 Å². The molecule has 4 rings (SSSR count). The van der Waals surface area contributed by atoms with E-state index in [0.717, 1.165) is 11.8 Å². The normalized spacial score (nSPS) is 24.3. The Labute approximate surface area is 147 Å². The van der Waals surface area contributed by atoms with Gasteiger partial charge in [0.15, 0.2) is 11.6 Å². The summed E-state index contributed by atoms with van der Waals surface area (Å²) in [4.78, 5) is 11.5. The summed E-state index contributed by atoms with van der Waals surface area (Å²) in [5.74, 6) is 2.31. The largest absolute Gasteiger partial charge is 0.454 e. The molecule has 130 valence electrons. The van der Waals surface area contributed by atoms with E-state index < -0.39 is 5.82 Å². The van der Waals surface area contributed by atoms with Crippen molar-refractivity contribution in [3.8, 4) is 11.5 Å². The fourth-order valence-electron chi connectivity index (χ4n) is 4.43. The molecule has 0 radical (unpaired) electrons. The Morgan fingerprint density at radius 1 is 1.12 bits per heavy atom. The van der Waals surface area contributed by atoms with Crippen LogP contribution in [0.25, 0.3) is 0 Å². The minimum Gasteiger partial charge on any atom is -0.454 e. The molecule has 2 aromatic rings. The maximum absolute atomic E-state index is 14.2. The Bertz CT molecular complexity index is 787. The van der Waals surface area contributed by atoms with Gasteiger partial charge in [-0.15, -0.1) is 0 Å². The van der Waals surface area contributed by atoms with Crippen LogP contribution in [0.15, 0.2) is 42.5 Å². The van der Waals surface area contributed by atoms with E-state index in [1.54, 1.807) is 6.07 Å². The van der Waals surface area contributed by atoms with Crippen LogP contribution < -0.4 is 10.1 Å². The summed E-state index contributed by atoms with van der Waals surface area (Å²) in [5, 5.41) is 2.48.